The number of hydrogen-bond donors (Lipinski definition) is 0. The zero-order valence-electron chi connectivity index (χ0n) is 13.5. The number of rotatable bonds is 3. The van der Waals surface area contributed by atoms with Gasteiger partial charge in [0.15, 0.2) is 0 Å². The van der Waals surface area contributed by atoms with Crippen LogP contribution in [0.25, 0.3) is 21.8 Å². The highest BCUT2D eigenvalue weighted by Gasteiger charge is 2.03. The lowest BCUT2D eigenvalue weighted by atomic mass is 10.2. The smallest absolute Gasteiger partial charge is 0.138 e. The maximum atomic E-state index is 6.20. The van der Waals surface area contributed by atoms with Crippen LogP contribution in [0.5, 0.6) is 0 Å². The predicted octanol–water partition coefficient (Wildman–Crippen LogP) is 5.54. The van der Waals surface area contributed by atoms with E-state index in [1.165, 1.54) is 0 Å². The van der Waals surface area contributed by atoms with Crippen LogP contribution in [0.1, 0.15) is 11.1 Å². The maximum Gasteiger partial charge on any atom is 0.138 e. The van der Waals surface area contributed by atoms with Crippen LogP contribution in [0, 0.1) is 0 Å². The summed E-state index contributed by atoms with van der Waals surface area (Å²) in [5.74, 6) is 0. The van der Waals surface area contributed by atoms with Gasteiger partial charge >= 0.3 is 0 Å². The number of aromatic nitrogens is 2. The zero-order chi connectivity index (χ0) is 17.9. The molecule has 2 aromatic heterocycles. The molecule has 4 nitrogen and oxygen atoms in total. The van der Waals surface area contributed by atoms with Crippen molar-refractivity contribution in [1.29, 1.82) is 0 Å². The second-order valence-corrected chi connectivity index (χ2v) is 6.33. The first-order chi connectivity index (χ1) is 12.7. The van der Waals surface area contributed by atoms with Crippen LogP contribution in [0.2, 0.25) is 10.3 Å². The highest BCUT2D eigenvalue weighted by molar-refractivity contribution is 6.32. The largest absolute Gasteiger partial charge is 0.235 e. The average Bonchev–Trinajstić information content (AvgIpc) is 2.65. The van der Waals surface area contributed by atoms with Crippen molar-refractivity contribution in [3.8, 4) is 0 Å². The number of para-hydroxylation sites is 2. The Morgan fingerprint density at radius 3 is 1.54 bits per heavy atom. The Morgan fingerprint density at radius 1 is 0.654 bits per heavy atom. The van der Waals surface area contributed by atoms with Crippen LogP contribution in [0.15, 0.2) is 70.9 Å². The van der Waals surface area contributed by atoms with Gasteiger partial charge in [-0.25, -0.2) is 9.97 Å². The molecule has 0 aliphatic heterocycles. The first-order valence-corrected chi connectivity index (χ1v) is 8.63. The molecule has 2 heterocycles. The summed E-state index contributed by atoms with van der Waals surface area (Å²) in [5, 5.41) is 10.9. The van der Waals surface area contributed by atoms with Gasteiger partial charge in [-0.15, -0.1) is 0 Å². The van der Waals surface area contributed by atoms with Crippen LogP contribution in [0.4, 0.5) is 0 Å². The number of halogens is 2. The van der Waals surface area contributed by atoms with Gasteiger partial charge < -0.3 is 0 Å². The lowest BCUT2D eigenvalue weighted by Gasteiger charge is -2.01. The lowest BCUT2D eigenvalue weighted by Crippen LogP contribution is -1.90. The molecular formula is C20H12Cl2N4. The molecule has 0 unspecified atom stereocenters. The van der Waals surface area contributed by atoms with E-state index in [0.717, 1.165) is 21.8 Å². The Morgan fingerprint density at radius 2 is 1.08 bits per heavy atom. The third kappa shape index (κ3) is 3.43. The SMILES string of the molecule is Clc1nc2ccccc2cc1/C=N\N=C/c1cc2ccccc2nc1Cl. The summed E-state index contributed by atoms with van der Waals surface area (Å²) in [6, 6.07) is 19.4. The minimum atomic E-state index is 0.382. The van der Waals surface area contributed by atoms with Crippen molar-refractivity contribution in [2.24, 2.45) is 10.2 Å². The Bertz CT molecular complexity index is 1080. The van der Waals surface area contributed by atoms with Gasteiger partial charge in [0.25, 0.3) is 0 Å². The molecule has 0 spiro atoms. The van der Waals surface area contributed by atoms with E-state index in [0.29, 0.717) is 21.4 Å². The molecular weight excluding hydrogens is 367 g/mol. The summed E-state index contributed by atoms with van der Waals surface area (Å²) in [6.07, 6.45) is 3.14. The summed E-state index contributed by atoms with van der Waals surface area (Å²) in [7, 11) is 0. The van der Waals surface area contributed by atoms with Gasteiger partial charge in [0.1, 0.15) is 10.3 Å². The number of fused-ring (bicyclic) bond motifs is 2. The second kappa shape index (κ2) is 7.20. The number of benzene rings is 2. The highest BCUT2D eigenvalue weighted by Crippen LogP contribution is 2.20. The van der Waals surface area contributed by atoms with E-state index >= 15 is 0 Å². The molecule has 0 fully saturated rings. The fourth-order valence-electron chi connectivity index (χ4n) is 2.59. The van der Waals surface area contributed by atoms with Crippen molar-refractivity contribution in [3.63, 3.8) is 0 Å². The summed E-state index contributed by atoms with van der Waals surface area (Å²) < 4.78 is 0. The number of pyridine rings is 2. The summed E-state index contributed by atoms with van der Waals surface area (Å²) >= 11 is 12.4. The Kier molecular flexibility index (Phi) is 4.61. The van der Waals surface area contributed by atoms with Crippen molar-refractivity contribution < 1.29 is 0 Å². The molecule has 4 rings (SSSR count). The average molecular weight is 379 g/mol. The predicted molar refractivity (Wildman–Crippen MR) is 109 cm³/mol. The van der Waals surface area contributed by atoms with Crippen LogP contribution >= 0.6 is 23.2 Å². The third-order valence-corrected chi connectivity index (χ3v) is 4.47. The van der Waals surface area contributed by atoms with Crippen molar-refractivity contribution in [1.82, 2.24) is 9.97 Å². The van der Waals surface area contributed by atoms with Crippen LogP contribution in [-0.2, 0) is 0 Å². The lowest BCUT2D eigenvalue weighted by molar-refractivity contribution is 1.26. The first-order valence-electron chi connectivity index (χ1n) is 7.88. The van der Waals surface area contributed by atoms with E-state index in [1.807, 2.05) is 60.7 Å². The minimum absolute atomic E-state index is 0.382. The van der Waals surface area contributed by atoms with Gasteiger partial charge in [-0.3, -0.25) is 0 Å². The van der Waals surface area contributed by atoms with E-state index in [1.54, 1.807) is 12.4 Å². The molecule has 0 saturated carbocycles. The van der Waals surface area contributed by atoms with E-state index in [-0.39, 0.29) is 0 Å². The van der Waals surface area contributed by atoms with Gasteiger partial charge in [0.2, 0.25) is 0 Å². The highest BCUT2D eigenvalue weighted by atomic mass is 35.5. The van der Waals surface area contributed by atoms with Gasteiger partial charge in [-0.1, -0.05) is 59.6 Å². The number of hydrogen-bond acceptors (Lipinski definition) is 4. The topological polar surface area (TPSA) is 50.5 Å². The second-order valence-electron chi connectivity index (χ2n) is 5.61. The standard InChI is InChI=1S/C20H12Cl2N4/c21-19-15(9-13-5-1-3-7-17(13)25-19)11-23-24-12-16-10-14-6-2-4-8-18(14)26-20(16)22/h1-12H/b23-11-,24-12-. The molecule has 26 heavy (non-hydrogen) atoms. The van der Waals surface area contributed by atoms with Crippen LogP contribution < -0.4 is 0 Å². The quantitative estimate of drug-likeness (QED) is 0.267. The zero-order valence-corrected chi connectivity index (χ0v) is 15.0. The first kappa shape index (κ1) is 16.6. The number of nitrogens with zero attached hydrogens (tertiary/aromatic N) is 4. The monoisotopic (exact) mass is 378 g/mol. The Hall–Kier alpha value is -2.82. The third-order valence-electron chi connectivity index (χ3n) is 3.87. The molecule has 0 amide bonds. The molecule has 0 bridgehead atoms. The maximum absolute atomic E-state index is 6.20. The Balaban J connectivity index is 1.60. The van der Waals surface area contributed by atoms with Crippen molar-refractivity contribution in [2.75, 3.05) is 0 Å². The van der Waals surface area contributed by atoms with Gasteiger partial charge in [0, 0.05) is 21.9 Å². The molecule has 4 aromatic rings. The minimum Gasteiger partial charge on any atom is -0.235 e. The molecule has 0 aliphatic carbocycles. The van der Waals surface area contributed by atoms with Crippen molar-refractivity contribution in [3.05, 3.63) is 82.1 Å². The molecule has 6 heteroatoms. The summed E-state index contributed by atoms with van der Waals surface area (Å²) in [5.41, 5.74) is 3.08. The summed E-state index contributed by atoms with van der Waals surface area (Å²) in [4.78, 5) is 8.70. The molecule has 0 N–H and O–H groups in total. The fraction of sp³-hybridized carbons (Fsp3) is 0. The molecule has 0 saturated heterocycles. The van der Waals surface area contributed by atoms with Crippen molar-refractivity contribution >= 4 is 57.4 Å². The van der Waals surface area contributed by atoms with Crippen LogP contribution in [-0.4, -0.2) is 22.4 Å². The van der Waals surface area contributed by atoms with E-state index in [4.69, 9.17) is 23.2 Å². The molecule has 0 radical (unpaired) electrons. The van der Waals surface area contributed by atoms with Gasteiger partial charge in [-0.2, -0.15) is 10.2 Å². The van der Waals surface area contributed by atoms with Gasteiger partial charge in [-0.05, 0) is 24.3 Å². The summed E-state index contributed by atoms with van der Waals surface area (Å²) in [6.45, 7) is 0. The van der Waals surface area contributed by atoms with Gasteiger partial charge in [0.05, 0.1) is 23.5 Å². The molecule has 0 aliphatic rings. The normalized spacial score (nSPS) is 11.9. The van der Waals surface area contributed by atoms with Crippen molar-refractivity contribution in [2.45, 2.75) is 0 Å². The van der Waals surface area contributed by atoms with E-state index in [2.05, 4.69) is 20.2 Å². The van der Waals surface area contributed by atoms with E-state index in [9.17, 15) is 0 Å². The Labute approximate surface area is 159 Å². The fourth-order valence-corrected chi connectivity index (χ4v) is 2.98. The molecule has 2 aromatic carbocycles. The van der Waals surface area contributed by atoms with E-state index < -0.39 is 0 Å². The molecule has 0 atom stereocenters. The van der Waals surface area contributed by atoms with Crippen LogP contribution in [0.3, 0.4) is 0 Å². The molecule has 126 valence electrons.